The monoisotopic (exact) mass is 243 g/mol. The average molecular weight is 244 g/mol. The molecule has 0 saturated heterocycles. The van der Waals surface area contributed by atoms with Crippen molar-refractivity contribution in [3.63, 3.8) is 0 Å². The minimum absolute atomic E-state index is 0.530. The Morgan fingerprint density at radius 2 is 1.81 bits per heavy atom. The van der Waals surface area contributed by atoms with Crippen LogP contribution < -0.4 is 5.19 Å². The van der Waals surface area contributed by atoms with E-state index in [2.05, 4.69) is 53.6 Å². The van der Waals surface area contributed by atoms with Crippen molar-refractivity contribution in [1.29, 1.82) is 0 Å². The molecule has 0 aliphatic rings. The Morgan fingerprint density at radius 1 is 1.06 bits per heavy atom. The number of hydrogen-bond donors (Lipinski definition) is 0. The maximum atomic E-state index is 5.98. The van der Waals surface area contributed by atoms with Gasteiger partial charge < -0.3 is 0 Å². The molecule has 16 heavy (non-hydrogen) atoms. The second-order valence-corrected chi connectivity index (χ2v) is 4.59. The third-order valence-corrected chi connectivity index (χ3v) is 3.41. The number of halogens is 1. The first-order chi connectivity index (χ1) is 7.74. The molecule has 0 fully saturated rings. The Kier molecular flexibility index (Phi) is 3.47. The van der Waals surface area contributed by atoms with Crippen LogP contribution >= 0.6 is 11.6 Å². The lowest BCUT2D eigenvalue weighted by molar-refractivity contribution is 1.38. The van der Waals surface area contributed by atoms with Gasteiger partial charge in [0.25, 0.3) is 0 Å². The van der Waals surface area contributed by atoms with Gasteiger partial charge >= 0.3 is 0 Å². The molecule has 0 saturated carbocycles. The van der Waals surface area contributed by atoms with E-state index >= 15 is 0 Å². The molecule has 0 aliphatic carbocycles. The Labute approximate surface area is 105 Å². The van der Waals surface area contributed by atoms with Gasteiger partial charge in [0.2, 0.25) is 0 Å². The highest BCUT2D eigenvalue weighted by Crippen LogP contribution is 2.25. The number of aryl methyl sites for hydroxylation is 1. The minimum Gasteiger partial charge on any atom is -0.122 e. The third kappa shape index (κ3) is 2.06. The highest BCUT2D eigenvalue weighted by Gasteiger charge is 2.08. The molecule has 0 aliphatic heterocycles. The van der Waals surface area contributed by atoms with E-state index in [9.17, 15) is 0 Å². The second-order valence-electron chi connectivity index (χ2n) is 3.79. The topological polar surface area (TPSA) is 0 Å². The first-order valence-electron chi connectivity index (χ1n) is 5.19. The highest BCUT2D eigenvalue weighted by molar-refractivity contribution is 6.36. The molecule has 2 aromatic rings. The predicted octanol–water partition coefficient (Wildman–Crippen LogP) is 3.19. The standard InChI is InChI=1S/C14H12ClSi/c1-10-5-2-3-7-12(10)14-11(9-15)6-4-8-13(14)16/h2-8H,9H2,1H3. The molecular weight excluding hydrogens is 232 g/mol. The Hall–Kier alpha value is -1.05. The van der Waals surface area contributed by atoms with Crippen LogP contribution in [-0.2, 0) is 5.88 Å². The van der Waals surface area contributed by atoms with Crippen molar-refractivity contribution in [2.24, 2.45) is 0 Å². The van der Waals surface area contributed by atoms with Crippen LogP contribution in [0.3, 0.4) is 0 Å². The third-order valence-electron chi connectivity index (χ3n) is 2.71. The molecule has 0 aromatic heterocycles. The lowest BCUT2D eigenvalue weighted by Crippen LogP contribution is -2.09. The van der Waals surface area contributed by atoms with Crippen LogP contribution in [0.1, 0.15) is 11.1 Å². The SMILES string of the molecule is Cc1ccccc1-c1c([Si])cccc1CCl. The van der Waals surface area contributed by atoms with E-state index < -0.39 is 0 Å². The predicted molar refractivity (Wildman–Crippen MR) is 71.6 cm³/mol. The van der Waals surface area contributed by atoms with E-state index in [1.165, 1.54) is 16.7 Å². The van der Waals surface area contributed by atoms with Crippen molar-refractivity contribution in [3.8, 4) is 11.1 Å². The molecule has 0 heterocycles. The molecule has 0 atom stereocenters. The van der Waals surface area contributed by atoms with Crippen molar-refractivity contribution in [1.82, 2.24) is 0 Å². The molecule has 0 amide bonds. The van der Waals surface area contributed by atoms with Gasteiger partial charge in [0.05, 0.1) is 10.2 Å². The van der Waals surface area contributed by atoms with Crippen LogP contribution in [0.4, 0.5) is 0 Å². The zero-order chi connectivity index (χ0) is 11.5. The van der Waals surface area contributed by atoms with Crippen LogP contribution in [-0.4, -0.2) is 10.2 Å². The average Bonchev–Trinajstić information content (AvgIpc) is 2.30. The quantitative estimate of drug-likeness (QED) is 0.561. The molecule has 0 unspecified atom stereocenters. The van der Waals surface area contributed by atoms with Gasteiger partial charge in [-0.1, -0.05) is 47.7 Å². The van der Waals surface area contributed by atoms with E-state index in [0.717, 1.165) is 10.8 Å². The molecule has 0 nitrogen and oxygen atoms in total. The largest absolute Gasteiger partial charge is 0.122 e. The van der Waals surface area contributed by atoms with Crippen molar-refractivity contribution < 1.29 is 0 Å². The maximum absolute atomic E-state index is 5.98. The molecule has 0 N–H and O–H groups in total. The molecule has 3 radical (unpaired) electrons. The van der Waals surface area contributed by atoms with Gasteiger partial charge in [-0.05, 0) is 29.2 Å². The number of hydrogen-bond acceptors (Lipinski definition) is 0. The summed E-state index contributed by atoms with van der Waals surface area (Å²) in [6.45, 7) is 2.12. The Balaban J connectivity index is 2.68. The second kappa shape index (κ2) is 4.85. The minimum atomic E-state index is 0.530. The number of alkyl halides is 1. The van der Waals surface area contributed by atoms with Crippen LogP contribution in [0, 0.1) is 6.92 Å². The van der Waals surface area contributed by atoms with E-state index in [1.54, 1.807) is 0 Å². The van der Waals surface area contributed by atoms with Crippen LogP contribution in [0.2, 0.25) is 0 Å². The first-order valence-corrected chi connectivity index (χ1v) is 6.23. The summed E-state index contributed by atoms with van der Waals surface area (Å²) in [5, 5.41) is 1.09. The van der Waals surface area contributed by atoms with Crippen LogP contribution in [0.5, 0.6) is 0 Å². The molecule has 2 rings (SSSR count). The van der Waals surface area contributed by atoms with E-state index in [-0.39, 0.29) is 0 Å². The van der Waals surface area contributed by atoms with Gasteiger partial charge in [-0.3, -0.25) is 0 Å². The fourth-order valence-electron chi connectivity index (χ4n) is 1.88. The summed E-state index contributed by atoms with van der Waals surface area (Å²) in [6, 6.07) is 14.5. The van der Waals surface area contributed by atoms with E-state index in [4.69, 9.17) is 11.6 Å². The summed E-state index contributed by atoms with van der Waals surface area (Å²) in [4.78, 5) is 0. The zero-order valence-electron chi connectivity index (χ0n) is 9.13. The van der Waals surface area contributed by atoms with Gasteiger partial charge in [0, 0.05) is 5.88 Å². The maximum Gasteiger partial charge on any atom is 0.0720 e. The summed E-state index contributed by atoms with van der Waals surface area (Å²) in [6.07, 6.45) is 0. The Bertz CT molecular complexity index is 506. The zero-order valence-corrected chi connectivity index (χ0v) is 10.9. The number of rotatable bonds is 2. The van der Waals surface area contributed by atoms with Crippen molar-refractivity contribution >= 4 is 27.0 Å². The number of benzene rings is 2. The lowest BCUT2D eigenvalue weighted by atomic mass is 9.96. The summed E-state index contributed by atoms with van der Waals surface area (Å²) in [7, 11) is 3.65. The summed E-state index contributed by atoms with van der Waals surface area (Å²) in [5.41, 5.74) is 4.86. The fraction of sp³-hybridized carbons (Fsp3) is 0.143. The van der Waals surface area contributed by atoms with Gasteiger partial charge in [0.15, 0.2) is 0 Å². The molecule has 2 heteroatoms. The van der Waals surface area contributed by atoms with Crippen LogP contribution in [0.25, 0.3) is 11.1 Å². The molecule has 79 valence electrons. The Morgan fingerprint density at radius 3 is 2.50 bits per heavy atom. The van der Waals surface area contributed by atoms with Crippen molar-refractivity contribution in [2.75, 3.05) is 0 Å². The fourth-order valence-corrected chi connectivity index (χ4v) is 2.50. The van der Waals surface area contributed by atoms with Gasteiger partial charge in [-0.2, -0.15) is 0 Å². The smallest absolute Gasteiger partial charge is 0.0720 e. The first kappa shape index (κ1) is 11.4. The van der Waals surface area contributed by atoms with E-state index in [0.29, 0.717) is 5.88 Å². The highest BCUT2D eigenvalue weighted by atomic mass is 35.5. The van der Waals surface area contributed by atoms with Crippen molar-refractivity contribution in [2.45, 2.75) is 12.8 Å². The molecule has 2 aromatic carbocycles. The lowest BCUT2D eigenvalue weighted by Gasteiger charge is -2.13. The normalized spacial score (nSPS) is 10.4. The molecular formula is C14H12ClSi. The molecule has 0 spiro atoms. The van der Waals surface area contributed by atoms with Gasteiger partial charge in [-0.15, -0.1) is 11.6 Å². The summed E-state index contributed by atoms with van der Waals surface area (Å²) < 4.78 is 0. The summed E-state index contributed by atoms with van der Waals surface area (Å²) >= 11 is 5.98. The van der Waals surface area contributed by atoms with E-state index in [1.807, 2.05) is 6.07 Å². The van der Waals surface area contributed by atoms with Gasteiger partial charge in [0.1, 0.15) is 0 Å². The molecule has 0 bridgehead atoms. The summed E-state index contributed by atoms with van der Waals surface area (Å²) in [5.74, 6) is 0.530. The van der Waals surface area contributed by atoms with Crippen molar-refractivity contribution in [3.05, 3.63) is 53.6 Å². The van der Waals surface area contributed by atoms with Gasteiger partial charge in [-0.25, -0.2) is 0 Å². The van der Waals surface area contributed by atoms with Crippen LogP contribution in [0.15, 0.2) is 42.5 Å².